The smallest absolute Gasteiger partial charge is 0.290 e. The van der Waals surface area contributed by atoms with E-state index in [-0.39, 0.29) is 6.47 Å². The van der Waals surface area contributed by atoms with Crippen LogP contribution in [-0.4, -0.2) is 37.1 Å². The molecule has 0 aliphatic rings. The summed E-state index contributed by atoms with van der Waals surface area (Å²) < 4.78 is 0. The van der Waals surface area contributed by atoms with Crippen LogP contribution in [0.15, 0.2) is 6.07 Å². The van der Waals surface area contributed by atoms with Crippen LogP contribution >= 0.6 is 0 Å². The molecule has 1 rings (SSSR count). The number of carboxylic acid groups (broad SMARTS) is 1. The number of phenolic OH excluding ortho intramolecular Hbond substituents is 5. The van der Waals surface area contributed by atoms with Gasteiger partial charge in [0, 0.05) is 6.07 Å². The average molecular weight is 204 g/mol. The monoisotopic (exact) mass is 204 g/mol. The standard InChI is InChI=1S/C6H6O5.CH2O2/c7-2-1-3(8)5(10)6(11)4(2)9;2-1-3/h1,7-11H;1H,(H,2,3). The van der Waals surface area contributed by atoms with Crippen molar-refractivity contribution in [1.29, 1.82) is 0 Å². The quantitative estimate of drug-likeness (QED) is 0.197. The fourth-order valence-electron chi connectivity index (χ4n) is 0.621. The largest absolute Gasteiger partial charge is 0.504 e. The van der Waals surface area contributed by atoms with Gasteiger partial charge in [0.15, 0.2) is 11.5 Å². The second kappa shape index (κ2) is 4.65. The Morgan fingerprint density at radius 2 is 1.14 bits per heavy atom. The van der Waals surface area contributed by atoms with Gasteiger partial charge in [-0.3, -0.25) is 4.79 Å². The first-order chi connectivity index (χ1) is 6.45. The molecule has 1 aromatic rings. The summed E-state index contributed by atoms with van der Waals surface area (Å²) in [4.78, 5) is 8.36. The number of aromatic hydroxyl groups is 5. The zero-order valence-corrected chi connectivity index (χ0v) is 6.75. The van der Waals surface area contributed by atoms with Crippen LogP contribution in [0.4, 0.5) is 0 Å². The molecule has 0 unspecified atom stereocenters. The molecule has 0 radical (unpaired) electrons. The summed E-state index contributed by atoms with van der Waals surface area (Å²) in [5.74, 6) is -4.06. The Balaban J connectivity index is 0.000000500. The first-order valence-corrected chi connectivity index (χ1v) is 3.19. The summed E-state index contributed by atoms with van der Waals surface area (Å²) in [7, 11) is 0. The van der Waals surface area contributed by atoms with E-state index in [2.05, 4.69) is 0 Å². The highest BCUT2D eigenvalue weighted by molar-refractivity contribution is 5.62. The van der Waals surface area contributed by atoms with Crippen molar-refractivity contribution in [3.63, 3.8) is 0 Å². The van der Waals surface area contributed by atoms with Crippen molar-refractivity contribution in [3.8, 4) is 28.7 Å². The summed E-state index contributed by atoms with van der Waals surface area (Å²) in [6.07, 6.45) is 0. The Morgan fingerprint density at radius 3 is 1.43 bits per heavy atom. The predicted octanol–water partition coefficient (Wildman–Crippen LogP) is -0.0846. The fourth-order valence-corrected chi connectivity index (χ4v) is 0.621. The summed E-state index contributed by atoms with van der Waals surface area (Å²) in [5, 5.41) is 50.6. The zero-order valence-electron chi connectivity index (χ0n) is 6.75. The molecule has 14 heavy (non-hydrogen) atoms. The minimum Gasteiger partial charge on any atom is -0.504 e. The molecule has 0 saturated carbocycles. The van der Waals surface area contributed by atoms with E-state index < -0.39 is 28.7 Å². The molecule has 0 fully saturated rings. The highest BCUT2D eigenvalue weighted by atomic mass is 16.4. The number of benzene rings is 1. The SMILES string of the molecule is O=CO.Oc1cc(O)c(O)c(O)c1O. The Labute approximate surface area is 77.7 Å². The van der Waals surface area contributed by atoms with Gasteiger partial charge in [0.2, 0.25) is 17.2 Å². The van der Waals surface area contributed by atoms with Gasteiger partial charge in [0.25, 0.3) is 6.47 Å². The highest BCUT2D eigenvalue weighted by Gasteiger charge is 2.14. The van der Waals surface area contributed by atoms with Crippen LogP contribution in [0, 0.1) is 0 Å². The van der Waals surface area contributed by atoms with Crippen molar-refractivity contribution >= 4 is 6.47 Å². The Kier molecular flexibility index (Phi) is 3.88. The van der Waals surface area contributed by atoms with E-state index in [4.69, 9.17) is 35.4 Å². The summed E-state index contributed by atoms with van der Waals surface area (Å²) in [5.41, 5.74) is 0. The first kappa shape index (κ1) is 11.7. The highest BCUT2D eigenvalue weighted by Crippen LogP contribution is 2.46. The molecule has 6 N–H and O–H groups in total. The van der Waals surface area contributed by atoms with Crippen molar-refractivity contribution < 1.29 is 35.4 Å². The van der Waals surface area contributed by atoms with E-state index in [0.717, 1.165) is 0 Å². The second-order valence-corrected chi connectivity index (χ2v) is 2.07. The van der Waals surface area contributed by atoms with Crippen LogP contribution in [0.1, 0.15) is 0 Å². The van der Waals surface area contributed by atoms with Crippen molar-refractivity contribution in [2.24, 2.45) is 0 Å². The molecule has 0 atom stereocenters. The van der Waals surface area contributed by atoms with Gasteiger partial charge in [0.1, 0.15) is 0 Å². The molecule has 0 aliphatic carbocycles. The minimum absolute atomic E-state index is 0.250. The molecule has 7 nitrogen and oxygen atoms in total. The van der Waals surface area contributed by atoms with Crippen molar-refractivity contribution in [1.82, 2.24) is 0 Å². The van der Waals surface area contributed by atoms with Crippen LogP contribution in [0.2, 0.25) is 0 Å². The van der Waals surface area contributed by atoms with Gasteiger partial charge in [-0.2, -0.15) is 0 Å². The van der Waals surface area contributed by atoms with Gasteiger partial charge in [-0.25, -0.2) is 0 Å². The molecule has 0 bridgehead atoms. The third-order valence-corrected chi connectivity index (χ3v) is 1.21. The molecule has 78 valence electrons. The minimum atomic E-state index is -0.942. The number of hydrogen-bond acceptors (Lipinski definition) is 6. The molecule has 0 spiro atoms. The molecular weight excluding hydrogens is 196 g/mol. The summed E-state index contributed by atoms with van der Waals surface area (Å²) in [6.45, 7) is -0.250. The first-order valence-electron chi connectivity index (χ1n) is 3.19. The lowest BCUT2D eigenvalue weighted by molar-refractivity contribution is -0.122. The molecular formula is C7H8O7. The maximum absolute atomic E-state index is 8.75. The van der Waals surface area contributed by atoms with Gasteiger partial charge >= 0.3 is 0 Å². The van der Waals surface area contributed by atoms with Gasteiger partial charge in [-0.05, 0) is 0 Å². The normalized spacial score (nSPS) is 8.57. The Morgan fingerprint density at radius 1 is 0.857 bits per heavy atom. The lowest BCUT2D eigenvalue weighted by Gasteiger charge is -2.03. The molecule has 0 heterocycles. The van der Waals surface area contributed by atoms with Gasteiger partial charge in [0.05, 0.1) is 0 Å². The van der Waals surface area contributed by atoms with Gasteiger partial charge in [-0.1, -0.05) is 0 Å². The predicted molar refractivity (Wildman–Crippen MR) is 43.5 cm³/mol. The molecule has 7 heteroatoms. The number of carbonyl (C=O) groups is 1. The van der Waals surface area contributed by atoms with Crippen LogP contribution in [-0.2, 0) is 4.79 Å². The summed E-state index contributed by atoms with van der Waals surface area (Å²) in [6, 6.07) is 0.713. The van der Waals surface area contributed by atoms with E-state index in [9.17, 15) is 0 Å². The van der Waals surface area contributed by atoms with E-state index in [1.807, 2.05) is 0 Å². The third-order valence-electron chi connectivity index (χ3n) is 1.21. The fraction of sp³-hybridized carbons (Fsp3) is 0. The van der Waals surface area contributed by atoms with Crippen molar-refractivity contribution in [2.75, 3.05) is 0 Å². The van der Waals surface area contributed by atoms with Crippen LogP contribution in [0.25, 0.3) is 0 Å². The second-order valence-electron chi connectivity index (χ2n) is 2.07. The van der Waals surface area contributed by atoms with E-state index >= 15 is 0 Å². The molecule has 0 aromatic heterocycles. The van der Waals surface area contributed by atoms with Crippen molar-refractivity contribution in [2.45, 2.75) is 0 Å². The van der Waals surface area contributed by atoms with Crippen LogP contribution < -0.4 is 0 Å². The number of rotatable bonds is 0. The Hall–Kier alpha value is -2.31. The van der Waals surface area contributed by atoms with Gasteiger partial charge < -0.3 is 30.6 Å². The van der Waals surface area contributed by atoms with Crippen LogP contribution in [0.3, 0.4) is 0 Å². The van der Waals surface area contributed by atoms with E-state index in [1.54, 1.807) is 0 Å². The van der Waals surface area contributed by atoms with Crippen LogP contribution in [0.5, 0.6) is 28.7 Å². The number of hydrogen-bond donors (Lipinski definition) is 6. The van der Waals surface area contributed by atoms with Crippen molar-refractivity contribution in [3.05, 3.63) is 6.07 Å². The maximum Gasteiger partial charge on any atom is 0.290 e. The molecule has 0 aliphatic heterocycles. The molecule has 1 aromatic carbocycles. The maximum atomic E-state index is 8.75. The number of phenols is 5. The molecule has 0 amide bonds. The third kappa shape index (κ3) is 2.34. The Bertz CT molecular complexity index is 307. The van der Waals surface area contributed by atoms with E-state index in [1.165, 1.54) is 0 Å². The average Bonchev–Trinajstić information content (AvgIpc) is 2.13. The molecule has 0 saturated heterocycles. The summed E-state index contributed by atoms with van der Waals surface area (Å²) >= 11 is 0. The zero-order chi connectivity index (χ0) is 11.3. The lowest BCUT2D eigenvalue weighted by Crippen LogP contribution is -1.74. The van der Waals surface area contributed by atoms with Gasteiger partial charge in [-0.15, -0.1) is 0 Å². The van der Waals surface area contributed by atoms with E-state index in [0.29, 0.717) is 6.07 Å². The lowest BCUT2D eigenvalue weighted by atomic mass is 10.2. The topological polar surface area (TPSA) is 138 Å².